The summed E-state index contributed by atoms with van der Waals surface area (Å²) < 4.78 is 0.721. The second kappa shape index (κ2) is 6.03. The molecule has 2 rings (SSSR count). The fraction of sp³-hybridized carbons (Fsp3) is 0.0833. The van der Waals surface area contributed by atoms with Gasteiger partial charge in [0, 0.05) is 22.5 Å². The molecule has 1 aromatic carbocycles. The van der Waals surface area contributed by atoms with E-state index in [1.807, 2.05) is 0 Å². The molecule has 7 heteroatoms. The Labute approximate surface area is 121 Å². The van der Waals surface area contributed by atoms with Crippen LogP contribution in [0.15, 0.2) is 44.9 Å². The van der Waals surface area contributed by atoms with Gasteiger partial charge >= 0.3 is 5.97 Å². The number of aromatic amines is 1. The van der Waals surface area contributed by atoms with Crippen LogP contribution in [-0.4, -0.2) is 21.0 Å². The molecule has 0 saturated heterocycles. The van der Waals surface area contributed by atoms with Crippen LogP contribution in [0.3, 0.4) is 0 Å². The number of aromatic carboxylic acids is 1. The molecule has 0 aliphatic rings. The molecule has 19 heavy (non-hydrogen) atoms. The topological polar surface area (TPSA) is 83.0 Å². The fourth-order valence-electron chi connectivity index (χ4n) is 1.37. The largest absolute Gasteiger partial charge is 0.478 e. The van der Waals surface area contributed by atoms with Gasteiger partial charge in [0.2, 0.25) is 0 Å². The summed E-state index contributed by atoms with van der Waals surface area (Å²) in [5.74, 6) is -0.387. The molecule has 0 aliphatic heterocycles. The lowest BCUT2D eigenvalue weighted by Crippen LogP contribution is -2.05. The molecule has 2 N–H and O–H groups in total. The molecule has 0 radical (unpaired) electrons. The van der Waals surface area contributed by atoms with Crippen molar-refractivity contribution in [1.82, 2.24) is 9.97 Å². The summed E-state index contributed by atoms with van der Waals surface area (Å²) in [6.45, 7) is 0. The molecule has 0 bridgehead atoms. The van der Waals surface area contributed by atoms with Gasteiger partial charge in [-0.25, -0.2) is 9.78 Å². The summed E-state index contributed by atoms with van der Waals surface area (Å²) in [4.78, 5) is 28.6. The number of benzene rings is 1. The smallest absolute Gasteiger partial charge is 0.335 e. The average molecular weight is 341 g/mol. The Hall–Kier alpha value is -1.60. The molecule has 0 fully saturated rings. The summed E-state index contributed by atoms with van der Waals surface area (Å²) in [7, 11) is 0. The molecule has 0 spiro atoms. The first-order valence-corrected chi connectivity index (χ1v) is 7.04. The molecule has 0 saturated carbocycles. The van der Waals surface area contributed by atoms with E-state index in [2.05, 4.69) is 25.9 Å². The van der Waals surface area contributed by atoms with Crippen LogP contribution in [0, 0.1) is 0 Å². The fourth-order valence-corrected chi connectivity index (χ4v) is 2.93. The van der Waals surface area contributed by atoms with Gasteiger partial charge in [-0.1, -0.05) is 33.8 Å². The summed E-state index contributed by atoms with van der Waals surface area (Å²) in [6.07, 6.45) is 1.45. The predicted molar refractivity (Wildman–Crippen MR) is 75.5 cm³/mol. The Bertz CT molecular complexity index is 672. The molecule has 1 heterocycles. The van der Waals surface area contributed by atoms with Crippen molar-refractivity contribution in [1.29, 1.82) is 0 Å². The van der Waals surface area contributed by atoms with E-state index in [9.17, 15) is 9.59 Å². The maximum Gasteiger partial charge on any atom is 0.335 e. The number of carboxylic acids is 1. The molecular weight excluding hydrogens is 332 g/mol. The minimum absolute atomic E-state index is 0.196. The van der Waals surface area contributed by atoms with E-state index in [4.69, 9.17) is 5.11 Å². The Morgan fingerprint density at radius 3 is 2.84 bits per heavy atom. The number of rotatable bonds is 4. The van der Waals surface area contributed by atoms with E-state index in [0.29, 0.717) is 10.9 Å². The number of carbonyl (C=O) groups is 1. The number of aromatic nitrogens is 2. The number of thioether (sulfide) groups is 1. The molecule has 5 nitrogen and oxygen atoms in total. The zero-order valence-electron chi connectivity index (χ0n) is 9.59. The number of hydrogen-bond donors (Lipinski definition) is 2. The average Bonchev–Trinajstić information content (AvgIpc) is 2.37. The minimum Gasteiger partial charge on any atom is -0.478 e. The van der Waals surface area contributed by atoms with Crippen molar-refractivity contribution in [3.8, 4) is 0 Å². The standard InChI is InChI=1S/C12H9BrN2O3S/c13-9-5-7(11(17)18)1-2-8(9)6-19-12-14-4-3-10(16)15-12/h1-5H,6H2,(H,17,18)(H,14,15,16). The van der Waals surface area contributed by atoms with Gasteiger partial charge in [0.1, 0.15) is 0 Å². The molecule has 0 aliphatic carbocycles. The Balaban J connectivity index is 2.12. The lowest BCUT2D eigenvalue weighted by Gasteiger charge is -2.05. The number of nitrogens with one attached hydrogen (secondary N) is 1. The first-order chi connectivity index (χ1) is 9.06. The second-order valence-corrected chi connectivity index (χ2v) is 5.46. The summed E-state index contributed by atoms with van der Waals surface area (Å²) in [5, 5.41) is 9.39. The molecule has 0 unspecified atom stereocenters. The Kier molecular flexibility index (Phi) is 4.39. The van der Waals surface area contributed by atoms with E-state index >= 15 is 0 Å². The highest BCUT2D eigenvalue weighted by atomic mass is 79.9. The highest BCUT2D eigenvalue weighted by Gasteiger charge is 2.07. The SMILES string of the molecule is O=C(O)c1ccc(CSc2nccc(=O)[nH]2)c(Br)c1. The van der Waals surface area contributed by atoms with Crippen LogP contribution in [0.4, 0.5) is 0 Å². The zero-order chi connectivity index (χ0) is 13.8. The van der Waals surface area contributed by atoms with Crippen molar-refractivity contribution < 1.29 is 9.90 Å². The summed E-state index contributed by atoms with van der Waals surface area (Å²) >= 11 is 4.71. The van der Waals surface area contributed by atoms with Crippen molar-refractivity contribution in [2.75, 3.05) is 0 Å². The van der Waals surface area contributed by atoms with Crippen LogP contribution >= 0.6 is 27.7 Å². The molecule has 1 aromatic heterocycles. The second-order valence-electron chi connectivity index (χ2n) is 3.64. The molecule has 0 amide bonds. The number of carboxylic acid groups (broad SMARTS) is 1. The van der Waals surface area contributed by atoms with E-state index in [-0.39, 0.29) is 11.1 Å². The van der Waals surface area contributed by atoms with Crippen molar-refractivity contribution in [2.24, 2.45) is 0 Å². The third-order valence-electron chi connectivity index (χ3n) is 2.31. The normalized spacial score (nSPS) is 10.4. The van der Waals surface area contributed by atoms with Crippen molar-refractivity contribution in [2.45, 2.75) is 10.9 Å². The van der Waals surface area contributed by atoms with E-state index in [0.717, 1.165) is 10.0 Å². The third-order valence-corrected chi connectivity index (χ3v) is 3.99. The zero-order valence-corrected chi connectivity index (χ0v) is 12.0. The maximum absolute atomic E-state index is 11.1. The number of hydrogen-bond acceptors (Lipinski definition) is 4. The van der Waals surface area contributed by atoms with Gasteiger partial charge < -0.3 is 10.1 Å². The molecule has 2 aromatic rings. The van der Waals surface area contributed by atoms with Crippen LogP contribution < -0.4 is 5.56 Å². The summed E-state index contributed by atoms with van der Waals surface area (Å²) in [5.41, 5.74) is 0.964. The van der Waals surface area contributed by atoms with E-state index in [1.54, 1.807) is 18.2 Å². The van der Waals surface area contributed by atoms with E-state index < -0.39 is 5.97 Å². The van der Waals surface area contributed by atoms with Gasteiger partial charge in [-0.15, -0.1) is 0 Å². The monoisotopic (exact) mass is 340 g/mol. The minimum atomic E-state index is -0.964. The van der Waals surface area contributed by atoms with Gasteiger partial charge in [0.25, 0.3) is 5.56 Å². The van der Waals surface area contributed by atoms with Gasteiger partial charge in [-0.05, 0) is 17.7 Å². The van der Waals surface area contributed by atoms with Crippen LogP contribution in [0.25, 0.3) is 0 Å². The highest BCUT2D eigenvalue weighted by molar-refractivity contribution is 9.10. The first-order valence-electron chi connectivity index (χ1n) is 5.26. The van der Waals surface area contributed by atoms with Crippen molar-refractivity contribution >= 4 is 33.7 Å². The van der Waals surface area contributed by atoms with Crippen LogP contribution in [0.5, 0.6) is 0 Å². The van der Waals surface area contributed by atoms with E-state index in [1.165, 1.54) is 24.0 Å². The lowest BCUT2D eigenvalue weighted by atomic mass is 10.1. The number of halogens is 1. The number of H-pyrrole nitrogens is 1. The predicted octanol–water partition coefficient (Wildman–Crippen LogP) is 2.52. The van der Waals surface area contributed by atoms with Gasteiger partial charge in [-0.3, -0.25) is 4.79 Å². The molecule has 98 valence electrons. The Morgan fingerprint density at radius 2 is 2.21 bits per heavy atom. The van der Waals surface area contributed by atoms with Crippen LogP contribution in [0.1, 0.15) is 15.9 Å². The van der Waals surface area contributed by atoms with Crippen molar-refractivity contribution in [3.63, 3.8) is 0 Å². The summed E-state index contributed by atoms with van der Waals surface area (Å²) in [6, 6.07) is 6.19. The molecular formula is C12H9BrN2O3S. The first kappa shape index (κ1) is 13.8. The number of nitrogens with zero attached hydrogens (tertiary/aromatic N) is 1. The maximum atomic E-state index is 11.1. The molecule has 0 atom stereocenters. The lowest BCUT2D eigenvalue weighted by molar-refractivity contribution is 0.0697. The van der Waals surface area contributed by atoms with Crippen LogP contribution in [0.2, 0.25) is 0 Å². The Morgan fingerprint density at radius 1 is 1.42 bits per heavy atom. The highest BCUT2D eigenvalue weighted by Crippen LogP contribution is 2.25. The quantitative estimate of drug-likeness (QED) is 0.660. The van der Waals surface area contributed by atoms with Crippen LogP contribution in [-0.2, 0) is 5.75 Å². The van der Waals surface area contributed by atoms with Crippen molar-refractivity contribution in [3.05, 3.63) is 56.4 Å². The third kappa shape index (κ3) is 3.68. The van der Waals surface area contributed by atoms with Gasteiger partial charge in [-0.2, -0.15) is 0 Å². The van der Waals surface area contributed by atoms with Gasteiger partial charge in [0.05, 0.1) is 5.56 Å². The van der Waals surface area contributed by atoms with Gasteiger partial charge in [0.15, 0.2) is 5.16 Å².